The van der Waals surface area contributed by atoms with Crippen molar-refractivity contribution in [2.75, 3.05) is 0 Å². The van der Waals surface area contributed by atoms with Gasteiger partial charge in [0.25, 0.3) is 5.91 Å². The van der Waals surface area contributed by atoms with E-state index in [0.717, 1.165) is 20.5 Å². The van der Waals surface area contributed by atoms with Crippen molar-refractivity contribution < 1.29 is 14.7 Å². The fourth-order valence-electron chi connectivity index (χ4n) is 2.31. The van der Waals surface area contributed by atoms with Crippen LogP contribution in [0.4, 0.5) is 0 Å². The molecule has 1 atom stereocenters. The lowest BCUT2D eigenvalue weighted by Crippen LogP contribution is -2.32. The van der Waals surface area contributed by atoms with E-state index < -0.39 is 5.97 Å². The van der Waals surface area contributed by atoms with Crippen molar-refractivity contribution in [3.8, 4) is 0 Å². The first-order valence-corrected chi connectivity index (χ1v) is 7.81. The Labute approximate surface area is 127 Å². The average Bonchev–Trinajstić information content (AvgIpc) is 2.76. The Hall–Kier alpha value is -1.88. The average molecular weight is 305 g/mol. The number of hydrogen-bond acceptors (Lipinski definition) is 3. The van der Waals surface area contributed by atoms with Gasteiger partial charge in [0.2, 0.25) is 0 Å². The van der Waals surface area contributed by atoms with Gasteiger partial charge in [-0.1, -0.05) is 18.2 Å². The molecule has 112 valence electrons. The summed E-state index contributed by atoms with van der Waals surface area (Å²) in [6, 6.07) is 7.95. The summed E-state index contributed by atoms with van der Waals surface area (Å²) in [4.78, 5) is 23.5. The number of thiophene rings is 1. The molecule has 1 unspecified atom stereocenters. The largest absolute Gasteiger partial charge is 0.481 e. The van der Waals surface area contributed by atoms with Crippen LogP contribution < -0.4 is 5.32 Å². The van der Waals surface area contributed by atoms with Crippen LogP contribution in [0.3, 0.4) is 0 Å². The van der Waals surface area contributed by atoms with Gasteiger partial charge in [0, 0.05) is 17.2 Å². The summed E-state index contributed by atoms with van der Waals surface area (Å²) in [6.07, 6.45) is 1.38. The Bertz CT molecular complexity index is 663. The Balaban J connectivity index is 2.01. The van der Waals surface area contributed by atoms with Crippen LogP contribution in [-0.4, -0.2) is 23.0 Å². The summed E-state index contributed by atoms with van der Waals surface area (Å²) < 4.78 is 1.11. The molecule has 21 heavy (non-hydrogen) atoms. The monoisotopic (exact) mass is 305 g/mol. The predicted octanol–water partition coefficient (Wildman–Crippen LogP) is 3.58. The van der Waals surface area contributed by atoms with Crippen molar-refractivity contribution in [2.45, 2.75) is 39.2 Å². The van der Waals surface area contributed by atoms with Crippen LogP contribution in [0.2, 0.25) is 0 Å². The molecule has 0 radical (unpaired) electrons. The molecule has 1 heterocycles. The second kappa shape index (κ2) is 6.72. The molecule has 4 nitrogen and oxygen atoms in total. The molecule has 2 aromatic rings. The quantitative estimate of drug-likeness (QED) is 0.857. The number of aliphatic carboxylic acids is 1. The highest BCUT2D eigenvalue weighted by atomic mass is 32.1. The van der Waals surface area contributed by atoms with Crippen molar-refractivity contribution in [1.82, 2.24) is 5.32 Å². The number of carbonyl (C=O) groups is 2. The fourth-order valence-corrected chi connectivity index (χ4v) is 3.42. The zero-order valence-corrected chi connectivity index (χ0v) is 13.0. The first-order chi connectivity index (χ1) is 9.99. The van der Waals surface area contributed by atoms with Gasteiger partial charge >= 0.3 is 5.97 Å². The number of carboxylic acid groups (broad SMARTS) is 1. The molecule has 0 spiro atoms. The molecule has 0 saturated heterocycles. The smallest absolute Gasteiger partial charge is 0.303 e. The van der Waals surface area contributed by atoms with E-state index in [9.17, 15) is 9.59 Å². The normalized spacial score (nSPS) is 12.3. The van der Waals surface area contributed by atoms with E-state index >= 15 is 0 Å². The zero-order chi connectivity index (χ0) is 15.4. The van der Waals surface area contributed by atoms with Gasteiger partial charge in [-0.2, -0.15) is 0 Å². The molecule has 5 heteroatoms. The van der Waals surface area contributed by atoms with Crippen LogP contribution in [0.5, 0.6) is 0 Å². The number of nitrogens with one attached hydrogen (secondary N) is 1. The number of aryl methyl sites for hydroxylation is 1. The lowest BCUT2D eigenvalue weighted by atomic mass is 10.1. The van der Waals surface area contributed by atoms with E-state index in [0.29, 0.717) is 12.8 Å². The Kier molecular flexibility index (Phi) is 4.96. The van der Waals surface area contributed by atoms with Crippen LogP contribution in [0.1, 0.15) is 41.4 Å². The third kappa shape index (κ3) is 3.82. The van der Waals surface area contributed by atoms with Crippen molar-refractivity contribution in [3.05, 3.63) is 34.7 Å². The van der Waals surface area contributed by atoms with E-state index in [1.165, 1.54) is 11.3 Å². The molecule has 0 aliphatic rings. The standard InChI is InChI=1S/C16H19NO3S/c1-10(6-5-9-14(18)19)17-16(20)15-11(2)12-7-3-4-8-13(12)21-15/h3-4,7-8,10H,5-6,9H2,1-2H3,(H,17,20)(H,18,19). The number of carbonyl (C=O) groups excluding carboxylic acids is 1. The van der Waals surface area contributed by atoms with E-state index in [2.05, 4.69) is 5.32 Å². The summed E-state index contributed by atoms with van der Waals surface area (Å²) in [5, 5.41) is 12.7. The summed E-state index contributed by atoms with van der Waals surface area (Å²) in [5.74, 6) is -0.870. The maximum Gasteiger partial charge on any atom is 0.303 e. The van der Waals surface area contributed by atoms with Gasteiger partial charge in [0.1, 0.15) is 0 Å². The molecule has 0 bridgehead atoms. The third-order valence-corrected chi connectivity index (χ3v) is 4.73. The molecule has 0 saturated carbocycles. The third-order valence-electron chi connectivity index (χ3n) is 3.46. The maximum absolute atomic E-state index is 12.3. The summed E-state index contributed by atoms with van der Waals surface area (Å²) in [5.41, 5.74) is 1.01. The molecule has 2 N–H and O–H groups in total. The van der Waals surface area contributed by atoms with Crippen molar-refractivity contribution in [1.29, 1.82) is 0 Å². The van der Waals surface area contributed by atoms with Gasteiger partial charge < -0.3 is 10.4 Å². The Morgan fingerprint density at radius 1 is 1.33 bits per heavy atom. The molecule has 0 aliphatic carbocycles. The maximum atomic E-state index is 12.3. The van der Waals surface area contributed by atoms with Crippen molar-refractivity contribution in [3.63, 3.8) is 0 Å². The van der Waals surface area contributed by atoms with E-state index in [4.69, 9.17) is 5.11 Å². The highest BCUT2D eigenvalue weighted by Gasteiger charge is 2.16. The molecule has 1 amide bonds. The van der Waals surface area contributed by atoms with Crippen LogP contribution in [-0.2, 0) is 4.79 Å². The van der Waals surface area contributed by atoms with Gasteiger partial charge in [0.15, 0.2) is 0 Å². The highest BCUT2D eigenvalue weighted by molar-refractivity contribution is 7.21. The second-order valence-corrected chi connectivity index (χ2v) is 6.27. The predicted molar refractivity (Wildman–Crippen MR) is 85.0 cm³/mol. The number of fused-ring (bicyclic) bond motifs is 1. The number of carboxylic acids is 1. The van der Waals surface area contributed by atoms with Gasteiger partial charge in [0.05, 0.1) is 4.88 Å². The minimum Gasteiger partial charge on any atom is -0.481 e. The first kappa shape index (κ1) is 15.5. The minimum absolute atomic E-state index is 0.0264. The van der Waals surface area contributed by atoms with Crippen molar-refractivity contribution in [2.24, 2.45) is 0 Å². The molecule has 0 fully saturated rings. The SMILES string of the molecule is Cc1c(C(=O)NC(C)CCCC(=O)O)sc2ccccc12. The van der Waals surface area contributed by atoms with Crippen molar-refractivity contribution >= 4 is 33.3 Å². The molecular formula is C16H19NO3S. The topological polar surface area (TPSA) is 66.4 Å². The zero-order valence-electron chi connectivity index (χ0n) is 12.2. The molecular weight excluding hydrogens is 286 g/mol. The Morgan fingerprint density at radius 2 is 2.05 bits per heavy atom. The molecule has 1 aromatic heterocycles. The van der Waals surface area contributed by atoms with Gasteiger partial charge in [-0.3, -0.25) is 9.59 Å². The van der Waals surface area contributed by atoms with Gasteiger partial charge in [-0.15, -0.1) is 11.3 Å². The van der Waals surface area contributed by atoms with Gasteiger partial charge in [-0.25, -0.2) is 0 Å². The number of hydrogen-bond donors (Lipinski definition) is 2. The molecule has 2 rings (SSSR count). The lowest BCUT2D eigenvalue weighted by molar-refractivity contribution is -0.137. The van der Waals surface area contributed by atoms with Crippen LogP contribution >= 0.6 is 11.3 Å². The van der Waals surface area contributed by atoms with Crippen LogP contribution in [0.25, 0.3) is 10.1 Å². The summed E-state index contributed by atoms with van der Waals surface area (Å²) >= 11 is 1.50. The number of rotatable bonds is 6. The first-order valence-electron chi connectivity index (χ1n) is 7.00. The minimum atomic E-state index is -0.797. The Morgan fingerprint density at radius 3 is 2.71 bits per heavy atom. The van der Waals surface area contributed by atoms with E-state index in [-0.39, 0.29) is 18.4 Å². The fraction of sp³-hybridized carbons (Fsp3) is 0.375. The number of benzene rings is 1. The second-order valence-electron chi connectivity index (χ2n) is 5.21. The van der Waals surface area contributed by atoms with Crippen LogP contribution in [0.15, 0.2) is 24.3 Å². The van der Waals surface area contributed by atoms with Gasteiger partial charge in [-0.05, 0) is 43.7 Å². The number of amides is 1. The van der Waals surface area contributed by atoms with Crippen LogP contribution in [0, 0.1) is 6.92 Å². The summed E-state index contributed by atoms with van der Waals surface area (Å²) in [6.45, 7) is 3.87. The lowest BCUT2D eigenvalue weighted by Gasteiger charge is -2.12. The molecule has 1 aromatic carbocycles. The summed E-state index contributed by atoms with van der Waals surface area (Å²) in [7, 11) is 0. The van der Waals surface area contributed by atoms with E-state index in [1.54, 1.807) is 0 Å². The molecule has 0 aliphatic heterocycles. The van der Waals surface area contributed by atoms with E-state index in [1.807, 2.05) is 38.1 Å². The highest BCUT2D eigenvalue weighted by Crippen LogP contribution is 2.30.